The fourth-order valence-electron chi connectivity index (χ4n) is 1.19. The van der Waals surface area contributed by atoms with Gasteiger partial charge in [-0.05, 0) is 23.2 Å². The molecule has 0 aliphatic heterocycles. The van der Waals surface area contributed by atoms with Gasteiger partial charge in [0.2, 0.25) is 0 Å². The first-order chi connectivity index (χ1) is 7.96. The molecule has 1 rings (SSSR count). The Morgan fingerprint density at radius 2 is 2.12 bits per heavy atom. The molecule has 0 unspecified atom stereocenters. The number of halogens is 3. The Labute approximate surface area is 94.1 Å². The Bertz CT molecular complexity index is 442. The number of hydrogen-bond donors (Lipinski definition) is 1. The van der Waals surface area contributed by atoms with Gasteiger partial charge in [-0.2, -0.15) is 0 Å². The van der Waals surface area contributed by atoms with E-state index in [1.54, 1.807) is 0 Å². The van der Waals surface area contributed by atoms with Gasteiger partial charge < -0.3 is 9.84 Å². The first kappa shape index (κ1) is 13.1. The molecule has 0 aliphatic carbocycles. The fourth-order valence-corrected chi connectivity index (χ4v) is 1.19. The predicted octanol–water partition coefficient (Wildman–Crippen LogP) is 2.89. The Kier molecular flexibility index (Phi) is 4.19. The molecule has 0 saturated heterocycles. The topological polar surface area (TPSA) is 78.2 Å². The van der Waals surface area contributed by atoms with Gasteiger partial charge in [0.25, 0.3) is 0 Å². The van der Waals surface area contributed by atoms with Crippen molar-refractivity contribution in [1.29, 1.82) is 0 Å². The van der Waals surface area contributed by atoms with Gasteiger partial charge in [-0.3, -0.25) is 0 Å². The Morgan fingerprint density at radius 1 is 1.41 bits per heavy atom. The summed E-state index contributed by atoms with van der Waals surface area (Å²) in [6.07, 6.45) is -4.81. The molecule has 0 atom stereocenters. The smallest absolute Gasteiger partial charge is 0.405 e. The highest BCUT2D eigenvalue weighted by atomic mass is 19.4. The molecule has 0 radical (unpaired) electrons. The lowest BCUT2D eigenvalue weighted by atomic mass is 10.1. The second kappa shape index (κ2) is 5.42. The van der Waals surface area contributed by atoms with Crippen molar-refractivity contribution in [3.05, 3.63) is 39.8 Å². The van der Waals surface area contributed by atoms with Crippen molar-refractivity contribution in [2.24, 2.45) is 5.11 Å². The van der Waals surface area contributed by atoms with Crippen LogP contribution in [0.4, 0.5) is 13.2 Å². The summed E-state index contributed by atoms with van der Waals surface area (Å²) in [5.74, 6) is -0.468. The Balaban J connectivity index is 2.96. The highest BCUT2D eigenvalue weighted by Crippen LogP contribution is 2.27. The van der Waals surface area contributed by atoms with Crippen molar-refractivity contribution in [3.8, 4) is 5.75 Å². The molecule has 0 heterocycles. The minimum absolute atomic E-state index is 0.00417. The molecule has 0 amide bonds. The van der Waals surface area contributed by atoms with E-state index >= 15 is 0 Å². The molecule has 0 bridgehead atoms. The molecule has 1 aromatic rings. The van der Waals surface area contributed by atoms with Crippen LogP contribution in [0, 0.1) is 0 Å². The van der Waals surface area contributed by atoms with Crippen molar-refractivity contribution in [3.63, 3.8) is 0 Å². The number of alkyl halides is 3. The quantitative estimate of drug-likeness (QED) is 0.504. The number of ether oxygens (including phenoxy) is 1. The largest absolute Gasteiger partial charge is 0.573 e. The lowest BCUT2D eigenvalue weighted by Gasteiger charge is -2.12. The summed E-state index contributed by atoms with van der Waals surface area (Å²) < 4.78 is 39.7. The van der Waals surface area contributed by atoms with E-state index in [1.165, 1.54) is 12.1 Å². The zero-order valence-electron chi connectivity index (χ0n) is 8.48. The van der Waals surface area contributed by atoms with E-state index in [4.69, 9.17) is 10.6 Å². The Hall–Kier alpha value is -1.92. The van der Waals surface area contributed by atoms with Crippen LogP contribution in [-0.4, -0.2) is 11.5 Å². The summed E-state index contributed by atoms with van der Waals surface area (Å²) >= 11 is 0. The number of aliphatic hydroxyl groups excluding tert-OH is 1. The number of benzene rings is 1. The van der Waals surface area contributed by atoms with Crippen LogP contribution in [0.2, 0.25) is 0 Å². The van der Waals surface area contributed by atoms with Crippen LogP contribution in [0.5, 0.6) is 5.75 Å². The van der Waals surface area contributed by atoms with Crippen LogP contribution < -0.4 is 4.74 Å². The molecule has 1 N–H and O–H groups in total. The average Bonchev–Trinajstić information content (AvgIpc) is 2.25. The molecule has 0 fully saturated rings. The van der Waals surface area contributed by atoms with Crippen molar-refractivity contribution in [2.75, 3.05) is 0 Å². The molecule has 17 heavy (non-hydrogen) atoms. The van der Waals surface area contributed by atoms with E-state index in [9.17, 15) is 13.2 Å². The third-order valence-electron chi connectivity index (χ3n) is 1.84. The average molecular weight is 247 g/mol. The lowest BCUT2D eigenvalue weighted by molar-refractivity contribution is -0.275. The summed E-state index contributed by atoms with van der Waals surface area (Å²) in [5.41, 5.74) is 8.56. The second-order valence-corrected chi connectivity index (χ2v) is 3.04. The maximum absolute atomic E-state index is 12.0. The number of azide groups is 1. The first-order valence-electron chi connectivity index (χ1n) is 4.45. The van der Waals surface area contributed by atoms with Crippen LogP contribution in [0.3, 0.4) is 0 Å². The number of hydrogen-bond acceptors (Lipinski definition) is 3. The number of aliphatic hydroxyl groups is 1. The van der Waals surface area contributed by atoms with Gasteiger partial charge in [-0.25, -0.2) is 0 Å². The minimum atomic E-state index is -4.81. The predicted molar refractivity (Wildman–Crippen MR) is 51.9 cm³/mol. The van der Waals surface area contributed by atoms with Crippen molar-refractivity contribution < 1.29 is 23.0 Å². The van der Waals surface area contributed by atoms with E-state index in [2.05, 4.69) is 14.8 Å². The Morgan fingerprint density at radius 3 is 2.65 bits per heavy atom. The highest BCUT2D eigenvalue weighted by Gasteiger charge is 2.31. The van der Waals surface area contributed by atoms with Crippen LogP contribution in [0.15, 0.2) is 23.3 Å². The van der Waals surface area contributed by atoms with Crippen LogP contribution in [0.1, 0.15) is 11.1 Å². The SMILES string of the molecule is [N-]=[N+]=NCc1ccc(OC(F)(F)F)c(CO)c1. The van der Waals surface area contributed by atoms with Crippen LogP contribution in [0.25, 0.3) is 10.4 Å². The molecule has 8 heteroatoms. The monoisotopic (exact) mass is 247 g/mol. The van der Waals surface area contributed by atoms with Gasteiger partial charge >= 0.3 is 6.36 Å². The number of nitrogens with zero attached hydrogens (tertiary/aromatic N) is 3. The van der Waals surface area contributed by atoms with Crippen LogP contribution >= 0.6 is 0 Å². The summed E-state index contributed by atoms with van der Waals surface area (Å²) in [6.45, 7) is -0.606. The van der Waals surface area contributed by atoms with E-state index < -0.39 is 18.7 Å². The summed E-state index contributed by atoms with van der Waals surface area (Å²) in [5, 5.41) is 12.2. The van der Waals surface area contributed by atoms with E-state index in [0.29, 0.717) is 5.56 Å². The minimum Gasteiger partial charge on any atom is -0.405 e. The molecule has 0 aromatic heterocycles. The third-order valence-corrected chi connectivity index (χ3v) is 1.84. The molecule has 1 aromatic carbocycles. The third kappa shape index (κ3) is 4.21. The normalized spacial score (nSPS) is 10.8. The molecule has 92 valence electrons. The highest BCUT2D eigenvalue weighted by molar-refractivity contribution is 5.37. The van der Waals surface area contributed by atoms with Crippen molar-refractivity contribution >= 4 is 0 Å². The van der Waals surface area contributed by atoms with Crippen molar-refractivity contribution in [2.45, 2.75) is 19.5 Å². The second-order valence-electron chi connectivity index (χ2n) is 3.04. The molecular formula is C9H8F3N3O2. The van der Waals surface area contributed by atoms with Gasteiger partial charge in [0.1, 0.15) is 5.75 Å². The van der Waals surface area contributed by atoms with E-state index in [1.807, 2.05) is 0 Å². The zero-order chi connectivity index (χ0) is 12.9. The van der Waals surface area contributed by atoms with E-state index in [0.717, 1.165) is 6.07 Å². The lowest BCUT2D eigenvalue weighted by Crippen LogP contribution is -2.18. The maximum Gasteiger partial charge on any atom is 0.573 e. The van der Waals surface area contributed by atoms with Gasteiger partial charge in [0.15, 0.2) is 0 Å². The summed E-state index contributed by atoms with van der Waals surface area (Å²) in [7, 11) is 0. The zero-order valence-corrected chi connectivity index (χ0v) is 8.48. The standard InChI is InChI=1S/C9H8F3N3O2/c10-9(11,12)17-8-2-1-6(4-14-15-13)3-7(8)5-16/h1-3,16H,4-5H2. The van der Waals surface area contributed by atoms with Gasteiger partial charge in [0, 0.05) is 10.5 Å². The molecule has 0 aliphatic rings. The van der Waals surface area contributed by atoms with Gasteiger partial charge in [-0.1, -0.05) is 11.2 Å². The van der Waals surface area contributed by atoms with Crippen LogP contribution in [-0.2, 0) is 13.2 Å². The molecule has 5 nitrogen and oxygen atoms in total. The summed E-state index contributed by atoms with van der Waals surface area (Å²) in [4.78, 5) is 2.52. The molecule has 0 saturated carbocycles. The number of rotatable bonds is 4. The molecule has 0 spiro atoms. The van der Waals surface area contributed by atoms with Gasteiger partial charge in [0.05, 0.1) is 13.2 Å². The maximum atomic E-state index is 12.0. The van der Waals surface area contributed by atoms with E-state index in [-0.39, 0.29) is 12.1 Å². The first-order valence-corrected chi connectivity index (χ1v) is 4.45. The molecular weight excluding hydrogens is 239 g/mol. The summed E-state index contributed by atoms with van der Waals surface area (Å²) in [6, 6.07) is 3.69. The fraction of sp³-hybridized carbons (Fsp3) is 0.333. The van der Waals surface area contributed by atoms with Crippen molar-refractivity contribution in [1.82, 2.24) is 0 Å². The van der Waals surface area contributed by atoms with Gasteiger partial charge in [-0.15, -0.1) is 13.2 Å².